The van der Waals surface area contributed by atoms with E-state index in [1.54, 1.807) is 6.08 Å². The van der Waals surface area contributed by atoms with Crippen LogP contribution in [0.25, 0.3) is 0 Å². The Morgan fingerprint density at radius 2 is 2.50 bits per heavy atom. The fourth-order valence-corrected chi connectivity index (χ4v) is 0.575. The lowest BCUT2D eigenvalue weighted by atomic mass is 10.5. The van der Waals surface area contributed by atoms with Crippen LogP contribution in [0, 0.1) is 0 Å². The Kier molecular flexibility index (Phi) is 3.08. The SMILES string of the molecule is C=CCC(O)[SiH3]. The van der Waals surface area contributed by atoms with Crippen LogP contribution in [-0.2, 0) is 0 Å². The zero-order valence-electron chi connectivity index (χ0n) is 4.02. The predicted molar refractivity (Wildman–Crippen MR) is 30.8 cm³/mol. The van der Waals surface area contributed by atoms with Crippen LogP contribution in [0.3, 0.4) is 0 Å². The summed E-state index contributed by atoms with van der Waals surface area (Å²) >= 11 is 0. The van der Waals surface area contributed by atoms with Gasteiger partial charge in [0.1, 0.15) is 0 Å². The van der Waals surface area contributed by atoms with Gasteiger partial charge in [0.15, 0.2) is 0 Å². The van der Waals surface area contributed by atoms with Crippen LogP contribution in [0.5, 0.6) is 0 Å². The van der Waals surface area contributed by atoms with Gasteiger partial charge in [-0.15, -0.1) is 6.58 Å². The van der Waals surface area contributed by atoms with Crippen LogP contribution in [-0.4, -0.2) is 21.1 Å². The molecule has 1 unspecified atom stereocenters. The second kappa shape index (κ2) is 3.12. The van der Waals surface area contributed by atoms with E-state index in [4.69, 9.17) is 5.11 Å². The van der Waals surface area contributed by atoms with Gasteiger partial charge in [-0.2, -0.15) is 0 Å². The van der Waals surface area contributed by atoms with Crippen LogP contribution in [0.1, 0.15) is 6.42 Å². The minimum atomic E-state index is -0.0810. The van der Waals surface area contributed by atoms with Crippen molar-refractivity contribution in [2.24, 2.45) is 0 Å². The van der Waals surface area contributed by atoms with Crippen molar-refractivity contribution in [2.75, 3.05) is 0 Å². The summed E-state index contributed by atoms with van der Waals surface area (Å²) in [5, 5.41) is 8.54. The first kappa shape index (κ1) is 5.92. The molecule has 0 spiro atoms. The average molecular weight is 102 g/mol. The number of aliphatic hydroxyl groups is 1. The van der Waals surface area contributed by atoms with E-state index in [-0.39, 0.29) is 5.73 Å². The zero-order valence-corrected chi connectivity index (χ0v) is 6.02. The number of hydrogen-bond donors (Lipinski definition) is 1. The van der Waals surface area contributed by atoms with Crippen molar-refractivity contribution < 1.29 is 5.11 Å². The summed E-state index contributed by atoms with van der Waals surface area (Å²) in [4.78, 5) is 0. The van der Waals surface area contributed by atoms with Crippen LogP contribution < -0.4 is 0 Å². The maximum Gasteiger partial charge on any atom is 0.0393 e. The van der Waals surface area contributed by atoms with E-state index >= 15 is 0 Å². The van der Waals surface area contributed by atoms with Crippen molar-refractivity contribution in [3.63, 3.8) is 0 Å². The average Bonchev–Trinajstić information content (AvgIpc) is 1.35. The molecule has 0 aromatic heterocycles. The fraction of sp³-hybridized carbons (Fsp3) is 0.500. The summed E-state index contributed by atoms with van der Waals surface area (Å²) in [6, 6.07) is 0. The highest BCUT2D eigenvalue weighted by Crippen LogP contribution is 1.81. The van der Waals surface area contributed by atoms with E-state index in [9.17, 15) is 0 Å². The maximum atomic E-state index is 8.54. The topological polar surface area (TPSA) is 20.2 Å². The molecule has 1 N–H and O–H groups in total. The summed E-state index contributed by atoms with van der Waals surface area (Å²) in [5.74, 6) is 0. The van der Waals surface area contributed by atoms with Gasteiger partial charge in [0, 0.05) is 16.0 Å². The first-order valence-corrected chi connectivity index (χ1v) is 3.21. The smallest absolute Gasteiger partial charge is 0.0393 e. The zero-order chi connectivity index (χ0) is 4.99. The third-order valence-electron chi connectivity index (χ3n) is 0.508. The fourth-order valence-electron chi connectivity index (χ4n) is 0.241. The Bertz CT molecular complexity index is 42.8. The Morgan fingerprint density at radius 1 is 2.00 bits per heavy atom. The van der Waals surface area contributed by atoms with Crippen molar-refractivity contribution in [1.29, 1.82) is 0 Å². The lowest BCUT2D eigenvalue weighted by Gasteiger charge is -1.92. The number of hydrogen-bond acceptors (Lipinski definition) is 1. The Hall–Kier alpha value is -0.0831. The largest absolute Gasteiger partial charge is 0.397 e. The van der Waals surface area contributed by atoms with E-state index in [0.29, 0.717) is 0 Å². The summed E-state index contributed by atoms with van der Waals surface area (Å²) in [6.45, 7) is 3.46. The molecule has 0 heterocycles. The second-order valence-electron chi connectivity index (χ2n) is 1.37. The second-order valence-corrected chi connectivity index (χ2v) is 2.71. The van der Waals surface area contributed by atoms with Crippen LogP contribution in [0.15, 0.2) is 12.7 Å². The molecule has 0 aliphatic rings. The molecule has 0 aromatic carbocycles. The molecule has 0 rings (SSSR count). The van der Waals surface area contributed by atoms with E-state index in [2.05, 4.69) is 6.58 Å². The molecule has 0 aliphatic carbocycles. The number of rotatable bonds is 2. The third-order valence-corrected chi connectivity index (χ3v) is 0.979. The molecule has 6 heavy (non-hydrogen) atoms. The molecule has 2 heteroatoms. The van der Waals surface area contributed by atoms with Gasteiger partial charge < -0.3 is 5.11 Å². The van der Waals surface area contributed by atoms with Gasteiger partial charge in [-0.05, 0) is 6.42 Å². The lowest BCUT2D eigenvalue weighted by molar-refractivity contribution is 0.259. The molecule has 36 valence electrons. The van der Waals surface area contributed by atoms with Crippen molar-refractivity contribution >= 4 is 10.2 Å². The van der Waals surface area contributed by atoms with Crippen molar-refractivity contribution in [2.45, 2.75) is 12.1 Å². The van der Waals surface area contributed by atoms with Gasteiger partial charge in [0.2, 0.25) is 0 Å². The highest BCUT2D eigenvalue weighted by atomic mass is 28.1. The Morgan fingerprint density at radius 3 is 2.50 bits per heavy atom. The standard InChI is InChI=1S/C4H10OSi/c1-2-3-4(5)6/h2,4-5H,1,3H2,6H3. The van der Waals surface area contributed by atoms with E-state index in [1.807, 2.05) is 0 Å². The quantitative estimate of drug-likeness (QED) is 0.359. The monoisotopic (exact) mass is 102 g/mol. The minimum absolute atomic E-state index is 0.0810. The van der Waals surface area contributed by atoms with E-state index in [0.717, 1.165) is 16.7 Å². The van der Waals surface area contributed by atoms with E-state index in [1.165, 1.54) is 0 Å². The van der Waals surface area contributed by atoms with Crippen molar-refractivity contribution in [3.05, 3.63) is 12.7 Å². The van der Waals surface area contributed by atoms with Crippen molar-refractivity contribution in [3.8, 4) is 0 Å². The normalized spacial score (nSPS) is 14.2. The van der Waals surface area contributed by atoms with Crippen LogP contribution >= 0.6 is 0 Å². The Labute approximate surface area is 41.1 Å². The van der Waals surface area contributed by atoms with Gasteiger partial charge in [-0.3, -0.25) is 0 Å². The van der Waals surface area contributed by atoms with Gasteiger partial charge in [-0.25, -0.2) is 0 Å². The van der Waals surface area contributed by atoms with Crippen molar-refractivity contribution in [1.82, 2.24) is 0 Å². The molecule has 1 nitrogen and oxygen atoms in total. The Balaban J connectivity index is 2.81. The molecule has 0 fully saturated rings. The van der Waals surface area contributed by atoms with Gasteiger partial charge in [0.05, 0.1) is 0 Å². The molecular weight excluding hydrogens is 92.1 g/mol. The number of aliphatic hydroxyl groups excluding tert-OH is 1. The summed E-state index contributed by atoms with van der Waals surface area (Å²) in [6.07, 6.45) is 2.49. The van der Waals surface area contributed by atoms with Crippen LogP contribution in [0.4, 0.5) is 0 Å². The summed E-state index contributed by atoms with van der Waals surface area (Å²) in [5.41, 5.74) is -0.0810. The molecule has 1 atom stereocenters. The lowest BCUT2D eigenvalue weighted by Crippen LogP contribution is -2.01. The molecule has 0 amide bonds. The first-order chi connectivity index (χ1) is 2.77. The van der Waals surface area contributed by atoms with Crippen LogP contribution in [0.2, 0.25) is 0 Å². The predicted octanol–water partition coefficient (Wildman–Crippen LogP) is -0.754. The molecule has 0 saturated heterocycles. The molecule has 0 aromatic rings. The molecule has 0 bridgehead atoms. The highest BCUT2D eigenvalue weighted by molar-refractivity contribution is 6.10. The maximum absolute atomic E-state index is 8.54. The first-order valence-electron chi connectivity index (χ1n) is 2.06. The van der Waals surface area contributed by atoms with Gasteiger partial charge >= 0.3 is 0 Å². The molecular formula is C4H10OSi. The summed E-state index contributed by atoms with van der Waals surface area (Å²) < 4.78 is 0. The van der Waals surface area contributed by atoms with Gasteiger partial charge in [0.25, 0.3) is 0 Å². The molecule has 0 radical (unpaired) electrons. The highest BCUT2D eigenvalue weighted by Gasteiger charge is 1.84. The van der Waals surface area contributed by atoms with Gasteiger partial charge in [-0.1, -0.05) is 6.08 Å². The molecule has 0 aliphatic heterocycles. The van der Waals surface area contributed by atoms with E-state index < -0.39 is 0 Å². The molecule has 0 saturated carbocycles. The minimum Gasteiger partial charge on any atom is -0.397 e. The summed E-state index contributed by atoms with van der Waals surface area (Å²) in [7, 11) is 0.863. The third kappa shape index (κ3) is 3.92.